The Morgan fingerprint density at radius 3 is 2.43 bits per heavy atom. The highest BCUT2D eigenvalue weighted by Gasteiger charge is 2.15. The molecule has 28 heavy (non-hydrogen) atoms. The van der Waals surface area contributed by atoms with Crippen LogP contribution in [0.5, 0.6) is 11.5 Å². The number of methoxy groups -OCH3 is 2. The molecule has 0 saturated heterocycles. The van der Waals surface area contributed by atoms with Crippen LogP contribution >= 0.6 is 0 Å². The molecule has 2 aromatic rings. The van der Waals surface area contributed by atoms with E-state index in [0.29, 0.717) is 11.5 Å². The van der Waals surface area contributed by atoms with Gasteiger partial charge in [-0.3, -0.25) is 14.4 Å². The normalized spacial score (nSPS) is 10.4. The van der Waals surface area contributed by atoms with Gasteiger partial charge in [-0.1, -0.05) is 30.3 Å². The minimum absolute atomic E-state index is 0.269. The van der Waals surface area contributed by atoms with Crippen molar-refractivity contribution in [3.63, 3.8) is 0 Å². The van der Waals surface area contributed by atoms with Crippen LogP contribution in [0.15, 0.2) is 54.6 Å². The lowest BCUT2D eigenvalue weighted by molar-refractivity contribution is -0.142. The fraction of sp³-hybridized carbons (Fsp3) is 0.190. The van der Waals surface area contributed by atoms with Crippen molar-refractivity contribution in [2.24, 2.45) is 0 Å². The second kappa shape index (κ2) is 10.5. The topological polar surface area (TPSA) is 90.9 Å². The molecule has 0 aliphatic heterocycles. The average molecular weight is 383 g/mol. The molecule has 7 nitrogen and oxygen atoms in total. The van der Waals surface area contributed by atoms with Gasteiger partial charge in [-0.15, -0.1) is 0 Å². The van der Waals surface area contributed by atoms with E-state index in [0.717, 1.165) is 5.56 Å². The van der Waals surface area contributed by atoms with Crippen LogP contribution in [0, 0.1) is 0 Å². The number of rotatable bonds is 9. The molecule has 0 bridgehead atoms. The first kappa shape index (κ1) is 20.7. The molecule has 2 rings (SSSR count). The molecule has 1 N–H and O–H groups in total. The third-order valence-electron chi connectivity index (χ3n) is 3.71. The molecule has 0 saturated carbocycles. The highest BCUT2D eigenvalue weighted by Crippen LogP contribution is 2.24. The third-order valence-corrected chi connectivity index (χ3v) is 3.71. The lowest BCUT2D eigenvalue weighted by Gasteiger charge is -2.10. The highest BCUT2D eigenvalue weighted by atomic mass is 16.5. The van der Waals surface area contributed by atoms with Crippen LogP contribution in [0.4, 0.5) is 0 Å². The Labute approximate surface area is 162 Å². The van der Waals surface area contributed by atoms with Gasteiger partial charge in [-0.2, -0.15) is 0 Å². The van der Waals surface area contributed by atoms with E-state index < -0.39 is 24.3 Å². The number of carbonyl (C=O) groups excluding carboxylic acids is 3. The van der Waals surface area contributed by atoms with Crippen molar-refractivity contribution in [1.82, 2.24) is 5.32 Å². The summed E-state index contributed by atoms with van der Waals surface area (Å²) in [5, 5.41) is 2.40. The van der Waals surface area contributed by atoms with Crippen LogP contribution in [0.3, 0.4) is 0 Å². The van der Waals surface area contributed by atoms with Crippen LogP contribution in [0.25, 0.3) is 6.08 Å². The average Bonchev–Trinajstić information content (AvgIpc) is 2.74. The van der Waals surface area contributed by atoms with E-state index in [1.165, 1.54) is 26.4 Å². The van der Waals surface area contributed by atoms with Crippen molar-refractivity contribution in [2.45, 2.75) is 0 Å². The van der Waals surface area contributed by atoms with Crippen molar-refractivity contribution in [3.05, 3.63) is 65.7 Å². The summed E-state index contributed by atoms with van der Waals surface area (Å²) in [5.74, 6) is -0.731. The van der Waals surface area contributed by atoms with Crippen molar-refractivity contribution in [3.8, 4) is 11.5 Å². The van der Waals surface area contributed by atoms with E-state index in [2.05, 4.69) is 5.32 Å². The summed E-state index contributed by atoms with van der Waals surface area (Å²) in [6, 6.07) is 14.0. The molecule has 0 fully saturated rings. The van der Waals surface area contributed by atoms with E-state index in [4.69, 9.17) is 14.2 Å². The smallest absolute Gasteiger partial charge is 0.325 e. The van der Waals surface area contributed by atoms with Gasteiger partial charge in [-0.25, -0.2) is 0 Å². The van der Waals surface area contributed by atoms with Crippen molar-refractivity contribution in [2.75, 3.05) is 27.4 Å². The molecule has 0 unspecified atom stereocenters. The first-order valence-electron chi connectivity index (χ1n) is 8.45. The molecule has 0 aliphatic rings. The zero-order chi connectivity index (χ0) is 20.4. The van der Waals surface area contributed by atoms with Crippen molar-refractivity contribution < 1.29 is 28.6 Å². The van der Waals surface area contributed by atoms with E-state index in [-0.39, 0.29) is 12.1 Å². The second-order valence-corrected chi connectivity index (χ2v) is 5.61. The van der Waals surface area contributed by atoms with Gasteiger partial charge in [0, 0.05) is 12.1 Å². The molecule has 7 heteroatoms. The lowest BCUT2D eigenvalue weighted by atomic mass is 10.1. The Morgan fingerprint density at radius 2 is 1.75 bits per heavy atom. The van der Waals surface area contributed by atoms with E-state index in [1.54, 1.807) is 18.2 Å². The Kier molecular flexibility index (Phi) is 7.77. The first-order chi connectivity index (χ1) is 13.5. The second-order valence-electron chi connectivity index (χ2n) is 5.61. The molecular weight excluding hydrogens is 362 g/mol. The number of esters is 1. The minimum atomic E-state index is -0.720. The summed E-state index contributed by atoms with van der Waals surface area (Å²) in [4.78, 5) is 35.7. The standard InChI is InChI=1S/C21H21NO6/c1-26-16-9-10-17(19(12-16)27-2)18(23)14-28-21(25)13-22-20(24)11-8-15-6-4-3-5-7-15/h3-12H,13-14H2,1-2H3,(H,22,24)/b11-8+. The number of carbonyl (C=O) groups is 3. The number of hydrogen-bond donors (Lipinski definition) is 1. The quantitative estimate of drug-likeness (QED) is 0.406. The van der Waals surface area contributed by atoms with E-state index in [9.17, 15) is 14.4 Å². The molecule has 1 amide bonds. The number of hydrogen-bond acceptors (Lipinski definition) is 6. The van der Waals surface area contributed by atoms with Crippen LogP contribution in [-0.2, 0) is 14.3 Å². The van der Waals surface area contributed by atoms with Crippen molar-refractivity contribution in [1.29, 1.82) is 0 Å². The van der Waals surface area contributed by atoms with Gasteiger partial charge in [0.15, 0.2) is 6.61 Å². The molecule has 0 aliphatic carbocycles. The number of nitrogens with one attached hydrogen (secondary N) is 1. The number of ketones is 1. The minimum Gasteiger partial charge on any atom is -0.497 e. The number of Topliss-reactive ketones (excluding diaryl/α,β-unsaturated/α-hetero) is 1. The van der Waals surface area contributed by atoms with Gasteiger partial charge in [0.25, 0.3) is 0 Å². The van der Waals surface area contributed by atoms with Crippen LogP contribution < -0.4 is 14.8 Å². The van der Waals surface area contributed by atoms with E-state index in [1.807, 2.05) is 30.3 Å². The maximum Gasteiger partial charge on any atom is 0.325 e. The maximum absolute atomic E-state index is 12.2. The van der Waals surface area contributed by atoms with Gasteiger partial charge in [-0.05, 0) is 23.8 Å². The molecule has 2 aromatic carbocycles. The molecule has 0 atom stereocenters. The summed E-state index contributed by atoms with van der Waals surface area (Å²) >= 11 is 0. The maximum atomic E-state index is 12.2. The summed E-state index contributed by atoms with van der Waals surface area (Å²) < 4.78 is 15.1. The van der Waals surface area contributed by atoms with Crippen LogP contribution in [-0.4, -0.2) is 45.0 Å². The third kappa shape index (κ3) is 6.28. The van der Waals surface area contributed by atoms with Crippen LogP contribution in [0.2, 0.25) is 0 Å². The largest absolute Gasteiger partial charge is 0.497 e. The summed E-state index contributed by atoms with van der Waals surface area (Å²) in [7, 11) is 2.93. The first-order valence-corrected chi connectivity index (χ1v) is 8.45. The van der Waals surface area contributed by atoms with Crippen LogP contribution in [0.1, 0.15) is 15.9 Å². The fourth-order valence-corrected chi connectivity index (χ4v) is 2.26. The summed E-state index contributed by atoms with van der Waals surface area (Å²) in [5.41, 5.74) is 1.13. The molecule has 0 radical (unpaired) electrons. The Bertz CT molecular complexity index is 860. The highest BCUT2D eigenvalue weighted by molar-refractivity contribution is 6.00. The van der Waals surface area contributed by atoms with Gasteiger partial charge in [0.1, 0.15) is 18.0 Å². The molecule has 0 heterocycles. The molecule has 146 valence electrons. The van der Waals surface area contributed by atoms with E-state index >= 15 is 0 Å². The van der Waals surface area contributed by atoms with Gasteiger partial charge < -0.3 is 19.5 Å². The summed E-state index contributed by atoms with van der Waals surface area (Å²) in [6.07, 6.45) is 2.94. The molecule has 0 aromatic heterocycles. The Balaban J connectivity index is 1.80. The van der Waals surface area contributed by atoms with Gasteiger partial charge in [0.05, 0.1) is 19.8 Å². The van der Waals surface area contributed by atoms with Gasteiger partial charge in [0.2, 0.25) is 11.7 Å². The molecular formula is C21H21NO6. The fourth-order valence-electron chi connectivity index (χ4n) is 2.26. The number of benzene rings is 2. The Hall–Kier alpha value is -3.61. The summed E-state index contributed by atoms with van der Waals surface area (Å²) in [6.45, 7) is -0.803. The Morgan fingerprint density at radius 1 is 1.00 bits per heavy atom. The van der Waals surface area contributed by atoms with Crippen molar-refractivity contribution >= 4 is 23.7 Å². The number of amides is 1. The SMILES string of the molecule is COc1ccc(C(=O)COC(=O)CNC(=O)/C=C/c2ccccc2)c(OC)c1. The predicted octanol–water partition coefficient (Wildman–Crippen LogP) is 2.26. The number of ether oxygens (including phenoxy) is 3. The monoisotopic (exact) mass is 383 g/mol. The lowest BCUT2D eigenvalue weighted by Crippen LogP contribution is -2.30. The predicted molar refractivity (Wildman–Crippen MR) is 103 cm³/mol. The zero-order valence-electron chi connectivity index (χ0n) is 15.6. The molecule has 0 spiro atoms. The zero-order valence-corrected chi connectivity index (χ0v) is 15.6. The van der Waals surface area contributed by atoms with Gasteiger partial charge >= 0.3 is 5.97 Å².